The van der Waals surface area contributed by atoms with Gasteiger partial charge in [-0.1, -0.05) is 12.2 Å². The van der Waals surface area contributed by atoms with Crippen LogP contribution in [-0.2, 0) is 14.8 Å². The molecule has 1 aliphatic heterocycles. The molecule has 1 unspecified atom stereocenters. The van der Waals surface area contributed by atoms with Crippen LogP contribution in [0.25, 0.3) is 0 Å². The maximum Gasteiger partial charge on any atom is 0.218 e. The average Bonchev–Trinajstić information content (AvgIpc) is 2.30. The van der Waals surface area contributed by atoms with E-state index in [0.717, 1.165) is 0 Å². The van der Waals surface area contributed by atoms with Crippen molar-refractivity contribution in [2.45, 2.75) is 18.9 Å². The molecule has 0 spiro atoms. The minimum atomic E-state index is -3.42. The molecule has 0 saturated carbocycles. The summed E-state index contributed by atoms with van der Waals surface area (Å²) in [7, 11) is -3.42. The van der Waals surface area contributed by atoms with E-state index in [4.69, 9.17) is 10.5 Å². The molecule has 0 aromatic carbocycles. The first kappa shape index (κ1) is 11.8. The Hall–Kier alpha value is -0.240. The van der Waals surface area contributed by atoms with Crippen molar-refractivity contribution in [3.63, 3.8) is 0 Å². The third kappa shape index (κ3) is 3.49. The molecule has 1 atom stereocenters. The lowest BCUT2D eigenvalue weighted by Crippen LogP contribution is -2.48. The van der Waals surface area contributed by atoms with Crippen LogP contribution >= 0.6 is 12.2 Å². The van der Waals surface area contributed by atoms with Crippen molar-refractivity contribution < 1.29 is 13.2 Å². The predicted octanol–water partition coefficient (Wildman–Crippen LogP) is -0.629. The Morgan fingerprint density at radius 1 is 1.71 bits per heavy atom. The van der Waals surface area contributed by atoms with Gasteiger partial charge in [0.15, 0.2) is 0 Å². The number of ether oxygens (including phenoxy) is 1. The van der Waals surface area contributed by atoms with Gasteiger partial charge >= 0.3 is 0 Å². The van der Waals surface area contributed by atoms with Gasteiger partial charge in [-0.05, 0) is 13.3 Å². The normalized spacial score (nSPS) is 27.8. The number of nitrogens with one attached hydrogen (secondary N) is 1. The molecule has 0 radical (unpaired) electrons. The Bertz CT molecular complexity index is 320. The summed E-state index contributed by atoms with van der Waals surface area (Å²) in [5, 5.41) is 0. The molecule has 3 N–H and O–H groups in total. The SMILES string of the molecule is CC1(NS(=O)(=O)CC(N)=S)CCOC1. The van der Waals surface area contributed by atoms with E-state index in [1.165, 1.54) is 0 Å². The highest BCUT2D eigenvalue weighted by Gasteiger charge is 2.33. The number of thiocarbonyl (C=S) groups is 1. The van der Waals surface area contributed by atoms with Gasteiger partial charge in [-0.2, -0.15) is 0 Å². The second-order valence-corrected chi connectivity index (χ2v) is 5.94. The van der Waals surface area contributed by atoms with Gasteiger partial charge in [-0.3, -0.25) is 0 Å². The molecule has 1 rings (SSSR count). The molecular formula is C7H14N2O3S2. The number of nitrogens with two attached hydrogens (primary N) is 1. The molecule has 1 saturated heterocycles. The molecule has 7 heteroatoms. The van der Waals surface area contributed by atoms with Gasteiger partial charge in [0.25, 0.3) is 0 Å². The fraction of sp³-hybridized carbons (Fsp3) is 0.857. The minimum absolute atomic E-state index is 0.0278. The summed E-state index contributed by atoms with van der Waals surface area (Å²) >= 11 is 4.55. The van der Waals surface area contributed by atoms with Crippen LogP contribution < -0.4 is 10.5 Å². The molecular weight excluding hydrogens is 224 g/mol. The van der Waals surface area contributed by atoms with Gasteiger partial charge in [0.1, 0.15) is 5.75 Å². The summed E-state index contributed by atoms with van der Waals surface area (Å²) in [6.07, 6.45) is 0.670. The van der Waals surface area contributed by atoms with Crippen LogP contribution in [0.15, 0.2) is 0 Å². The molecule has 1 heterocycles. The number of sulfonamides is 1. The van der Waals surface area contributed by atoms with Crippen molar-refractivity contribution in [1.82, 2.24) is 4.72 Å². The summed E-state index contributed by atoms with van der Waals surface area (Å²) in [6.45, 7) is 2.77. The Morgan fingerprint density at radius 3 is 2.79 bits per heavy atom. The van der Waals surface area contributed by atoms with Crippen LogP contribution in [0.3, 0.4) is 0 Å². The fourth-order valence-electron chi connectivity index (χ4n) is 1.35. The molecule has 0 aliphatic carbocycles. The number of hydrogen-bond acceptors (Lipinski definition) is 4. The van der Waals surface area contributed by atoms with Crippen molar-refractivity contribution in [3.8, 4) is 0 Å². The van der Waals surface area contributed by atoms with E-state index >= 15 is 0 Å². The largest absolute Gasteiger partial charge is 0.392 e. The first-order valence-corrected chi connectivity index (χ1v) is 6.27. The lowest BCUT2D eigenvalue weighted by atomic mass is 10.0. The van der Waals surface area contributed by atoms with E-state index in [-0.39, 0.29) is 10.7 Å². The topological polar surface area (TPSA) is 81.4 Å². The zero-order valence-corrected chi connectivity index (χ0v) is 9.58. The number of hydrogen-bond donors (Lipinski definition) is 2. The van der Waals surface area contributed by atoms with Crippen molar-refractivity contribution in [3.05, 3.63) is 0 Å². The Labute approximate surface area is 89.0 Å². The molecule has 14 heavy (non-hydrogen) atoms. The first-order chi connectivity index (χ1) is 6.33. The van der Waals surface area contributed by atoms with Crippen molar-refractivity contribution in [2.24, 2.45) is 5.73 Å². The molecule has 0 aromatic heterocycles. The number of rotatable bonds is 4. The smallest absolute Gasteiger partial charge is 0.218 e. The first-order valence-electron chi connectivity index (χ1n) is 4.21. The fourth-order valence-corrected chi connectivity index (χ4v) is 3.17. The van der Waals surface area contributed by atoms with Gasteiger partial charge in [0, 0.05) is 6.61 Å². The summed E-state index contributed by atoms with van der Waals surface area (Å²) in [5.74, 6) is -0.308. The van der Waals surface area contributed by atoms with Gasteiger partial charge < -0.3 is 10.5 Å². The third-order valence-corrected chi connectivity index (χ3v) is 3.77. The average molecular weight is 238 g/mol. The molecule has 5 nitrogen and oxygen atoms in total. The van der Waals surface area contributed by atoms with Gasteiger partial charge in [0.2, 0.25) is 10.0 Å². The maximum atomic E-state index is 11.5. The zero-order chi connectivity index (χ0) is 10.8. The third-order valence-electron chi connectivity index (χ3n) is 1.95. The van der Waals surface area contributed by atoms with Crippen LogP contribution in [0.5, 0.6) is 0 Å². The van der Waals surface area contributed by atoms with Crippen LogP contribution in [0.2, 0.25) is 0 Å². The molecule has 0 bridgehead atoms. The van der Waals surface area contributed by atoms with E-state index in [2.05, 4.69) is 16.9 Å². The lowest BCUT2D eigenvalue weighted by molar-refractivity contribution is 0.178. The van der Waals surface area contributed by atoms with Gasteiger partial charge in [0.05, 0.1) is 17.1 Å². The van der Waals surface area contributed by atoms with Gasteiger partial charge in [-0.15, -0.1) is 0 Å². The van der Waals surface area contributed by atoms with Crippen molar-refractivity contribution in [2.75, 3.05) is 19.0 Å². The highest BCUT2D eigenvalue weighted by atomic mass is 32.2. The standard InChI is InChI=1S/C7H14N2O3S2/c1-7(2-3-12-5-7)9-14(10,11)4-6(8)13/h9H,2-5H2,1H3,(H2,8,13). The molecule has 1 fully saturated rings. The highest BCUT2D eigenvalue weighted by molar-refractivity contribution is 7.92. The Balaban J connectivity index is 2.62. The van der Waals surface area contributed by atoms with E-state index in [0.29, 0.717) is 19.6 Å². The summed E-state index contributed by atoms with van der Waals surface area (Å²) in [5.41, 5.74) is 4.67. The van der Waals surface area contributed by atoms with E-state index in [9.17, 15) is 8.42 Å². The highest BCUT2D eigenvalue weighted by Crippen LogP contribution is 2.18. The van der Waals surface area contributed by atoms with Gasteiger partial charge in [-0.25, -0.2) is 13.1 Å². The van der Waals surface area contributed by atoms with Crippen LogP contribution in [-0.4, -0.2) is 37.9 Å². The summed E-state index contributed by atoms with van der Waals surface area (Å²) < 4.78 is 30.6. The molecule has 0 amide bonds. The van der Waals surface area contributed by atoms with Crippen LogP contribution in [0, 0.1) is 0 Å². The maximum absolute atomic E-state index is 11.5. The Morgan fingerprint density at radius 2 is 2.36 bits per heavy atom. The quantitative estimate of drug-likeness (QED) is 0.637. The Kier molecular flexibility index (Phi) is 3.46. The summed E-state index contributed by atoms with van der Waals surface area (Å²) in [6, 6.07) is 0. The molecule has 82 valence electrons. The van der Waals surface area contributed by atoms with E-state index < -0.39 is 15.6 Å². The second kappa shape index (κ2) is 4.09. The van der Waals surface area contributed by atoms with E-state index in [1.807, 2.05) is 0 Å². The summed E-state index contributed by atoms with van der Waals surface area (Å²) in [4.78, 5) is -0.0278. The predicted molar refractivity (Wildman–Crippen MR) is 57.5 cm³/mol. The van der Waals surface area contributed by atoms with E-state index in [1.54, 1.807) is 6.92 Å². The lowest BCUT2D eigenvalue weighted by Gasteiger charge is -2.22. The second-order valence-electron chi connectivity index (χ2n) is 3.69. The van der Waals surface area contributed by atoms with Crippen molar-refractivity contribution >= 4 is 27.2 Å². The van der Waals surface area contributed by atoms with Crippen molar-refractivity contribution in [1.29, 1.82) is 0 Å². The minimum Gasteiger partial charge on any atom is -0.392 e. The van der Waals surface area contributed by atoms with Crippen LogP contribution in [0.4, 0.5) is 0 Å². The molecule has 0 aromatic rings. The molecule has 1 aliphatic rings. The zero-order valence-electron chi connectivity index (χ0n) is 7.95. The monoisotopic (exact) mass is 238 g/mol. The van der Waals surface area contributed by atoms with Crippen LogP contribution in [0.1, 0.15) is 13.3 Å².